The molecule has 0 N–H and O–H groups in total. The van der Waals surface area contributed by atoms with Crippen molar-refractivity contribution in [3.8, 4) is 6.07 Å². The van der Waals surface area contributed by atoms with E-state index in [0.717, 1.165) is 38.2 Å². The molecule has 26 heavy (non-hydrogen) atoms. The molecule has 1 saturated heterocycles. The second-order valence-corrected chi connectivity index (χ2v) is 7.06. The number of hydrogen-bond acceptors (Lipinski definition) is 3. The van der Waals surface area contributed by atoms with E-state index >= 15 is 0 Å². The van der Waals surface area contributed by atoms with Gasteiger partial charge >= 0.3 is 6.18 Å². The van der Waals surface area contributed by atoms with Crippen molar-refractivity contribution in [1.29, 1.82) is 5.26 Å². The van der Waals surface area contributed by atoms with E-state index in [9.17, 15) is 18.4 Å². The molecule has 0 bridgehead atoms. The molecule has 3 nitrogen and oxygen atoms in total. The van der Waals surface area contributed by atoms with Gasteiger partial charge < -0.3 is 4.90 Å². The fourth-order valence-electron chi connectivity index (χ4n) is 3.71. The standard InChI is InChI=1S/C20H22F3N3/c1-14-11-18(20(21,22)23)25-19(17(14)13-24)26-9-7-16(8-10-26)12-15-5-3-2-4-6-15/h2-3,5,11,16H,4,6-10,12H2,1H3. The van der Waals surface area contributed by atoms with Crippen LogP contribution in [0.4, 0.5) is 19.0 Å². The summed E-state index contributed by atoms with van der Waals surface area (Å²) in [5.41, 5.74) is 1.10. The van der Waals surface area contributed by atoms with E-state index in [1.807, 2.05) is 11.0 Å². The zero-order valence-electron chi connectivity index (χ0n) is 14.8. The zero-order chi connectivity index (χ0) is 18.7. The van der Waals surface area contributed by atoms with Crippen LogP contribution in [0.15, 0.2) is 29.9 Å². The van der Waals surface area contributed by atoms with Crippen molar-refractivity contribution in [2.24, 2.45) is 5.92 Å². The molecule has 1 aliphatic carbocycles. The van der Waals surface area contributed by atoms with Crippen molar-refractivity contribution < 1.29 is 13.2 Å². The van der Waals surface area contributed by atoms with Gasteiger partial charge in [-0.25, -0.2) is 4.98 Å². The van der Waals surface area contributed by atoms with Crippen LogP contribution in [0.3, 0.4) is 0 Å². The molecular weight excluding hydrogens is 339 g/mol. The van der Waals surface area contributed by atoms with Gasteiger partial charge in [0.2, 0.25) is 0 Å². The lowest BCUT2D eigenvalue weighted by molar-refractivity contribution is -0.141. The summed E-state index contributed by atoms with van der Waals surface area (Å²) in [6, 6.07) is 2.98. The second kappa shape index (κ2) is 7.53. The topological polar surface area (TPSA) is 39.9 Å². The number of pyridine rings is 1. The summed E-state index contributed by atoms with van der Waals surface area (Å²) < 4.78 is 39.3. The molecule has 2 aliphatic rings. The monoisotopic (exact) mass is 361 g/mol. The average Bonchev–Trinajstić information content (AvgIpc) is 2.62. The van der Waals surface area contributed by atoms with Gasteiger partial charge in [-0.15, -0.1) is 0 Å². The minimum absolute atomic E-state index is 0.179. The number of piperidine rings is 1. The normalized spacial score (nSPS) is 18.6. The molecule has 3 rings (SSSR count). The first kappa shape index (κ1) is 18.5. The summed E-state index contributed by atoms with van der Waals surface area (Å²) in [6.45, 7) is 2.81. The van der Waals surface area contributed by atoms with Gasteiger partial charge in [-0.3, -0.25) is 0 Å². The highest BCUT2D eigenvalue weighted by atomic mass is 19.4. The first-order chi connectivity index (χ1) is 12.4. The van der Waals surface area contributed by atoms with E-state index < -0.39 is 11.9 Å². The average molecular weight is 361 g/mol. The number of aryl methyl sites for hydroxylation is 1. The Hall–Kier alpha value is -2.29. The highest BCUT2D eigenvalue weighted by molar-refractivity contribution is 5.58. The van der Waals surface area contributed by atoms with Gasteiger partial charge in [-0.2, -0.15) is 18.4 Å². The maximum Gasteiger partial charge on any atom is 0.433 e. The van der Waals surface area contributed by atoms with Crippen LogP contribution in [0, 0.1) is 24.2 Å². The van der Waals surface area contributed by atoms with Crippen LogP contribution in [0.2, 0.25) is 0 Å². The van der Waals surface area contributed by atoms with Gasteiger partial charge in [0.25, 0.3) is 0 Å². The summed E-state index contributed by atoms with van der Waals surface area (Å²) in [7, 11) is 0. The maximum atomic E-state index is 13.1. The lowest BCUT2D eigenvalue weighted by Gasteiger charge is -2.34. The maximum absolute atomic E-state index is 13.1. The molecule has 0 saturated carbocycles. The fraction of sp³-hybridized carbons (Fsp3) is 0.500. The molecule has 1 fully saturated rings. The second-order valence-electron chi connectivity index (χ2n) is 7.06. The van der Waals surface area contributed by atoms with Crippen molar-refractivity contribution in [1.82, 2.24) is 4.98 Å². The molecule has 0 spiro atoms. The number of alkyl halides is 3. The van der Waals surface area contributed by atoms with E-state index in [2.05, 4.69) is 23.2 Å². The van der Waals surface area contributed by atoms with Crippen LogP contribution in [-0.2, 0) is 6.18 Å². The molecule has 0 aromatic carbocycles. The zero-order valence-corrected chi connectivity index (χ0v) is 14.8. The highest BCUT2D eigenvalue weighted by Gasteiger charge is 2.35. The molecule has 0 amide bonds. The number of nitrogens with zero attached hydrogens (tertiary/aromatic N) is 3. The van der Waals surface area contributed by atoms with Crippen molar-refractivity contribution in [2.75, 3.05) is 18.0 Å². The van der Waals surface area contributed by atoms with Gasteiger partial charge in [0, 0.05) is 13.1 Å². The Morgan fingerprint density at radius 3 is 2.62 bits per heavy atom. The van der Waals surface area contributed by atoms with Crippen molar-refractivity contribution >= 4 is 5.82 Å². The van der Waals surface area contributed by atoms with Crippen LogP contribution in [0.1, 0.15) is 48.9 Å². The lowest BCUT2D eigenvalue weighted by Crippen LogP contribution is -2.35. The molecule has 0 radical (unpaired) electrons. The molecular formula is C20H22F3N3. The van der Waals surface area contributed by atoms with Crippen LogP contribution in [0.25, 0.3) is 0 Å². The number of anilines is 1. The number of halogens is 3. The summed E-state index contributed by atoms with van der Waals surface area (Å²) in [6.07, 6.45) is 6.99. The summed E-state index contributed by atoms with van der Waals surface area (Å²) in [4.78, 5) is 5.64. The minimum Gasteiger partial charge on any atom is -0.355 e. The Balaban J connectivity index is 1.74. The Labute approximate surface area is 151 Å². The summed E-state index contributed by atoms with van der Waals surface area (Å²) in [5, 5.41) is 9.38. The Bertz CT molecular complexity index is 764. The largest absolute Gasteiger partial charge is 0.433 e. The molecule has 1 aliphatic heterocycles. The minimum atomic E-state index is -4.51. The first-order valence-corrected chi connectivity index (χ1v) is 8.97. The van der Waals surface area contributed by atoms with Gasteiger partial charge in [0.1, 0.15) is 17.6 Å². The highest BCUT2D eigenvalue weighted by Crippen LogP contribution is 2.34. The Morgan fingerprint density at radius 1 is 1.31 bits per heavy atom. The molecule has 6 heteroatoms. The number of aromatic nitrogens is 1. The van der Waals surface area contributed by atoms with Crippen LogP contribution in [-0.4, -0.2) is 18.1 Å². The van der Waals surface area contributed by atoms with Crippen molar-refractivity contribution in [3.05, 3.63) is 46.7 Å². The van der Waals surface area contributed by atoms with Gasteiger partial charge in [-0.05, 0) is 56.6 Å². The molecule has 0 atom stereocenters. The third-order valence-electron chi connectivity index (χ3n) is 5.16. The lowest BCUT2D eigenvalue weighted by atomic mass is 9.87. The predicted molar refractivity (Wildman–Crippen MR) is 94.7 cm³/mol. The third kappa shape index (κ3) is 4.09. The predicted octanol–water partition coefficient (Wildman–Crippen LogP) is 5.16. The van der Waals surface area contributed by atoms with Gasteiger partial charge in [0.05, 0.1) is 5.56 Å². The Kier molecular flexibility index (Phi) is 5.36. The van der Waals surface area contributed by atoms with Crippen LogP contribution in [0.5, 0.6) is 0 Å². The summed E-state index contributed by atoms with van der Waals surface area (Å²) in [5.74, 6) is 0.722. The number of allylic oxidation sites excluding steroid dienone is 4. The fourth-order valence-corrected chi connectivity index (χ4v) is 3.71. The van der Waals surface area contributed by atoms with Gasteiger partial charge in [-0.1, -0.05) is 23.8 Å². The number of rotatable bonds is 3. The molecule has 1 aromatic rings. The van der Waals surface area contributed by atoms with Gasteiger partial charge in [0.15, 0.2) is 0 Å². The first-order valence-electron chi connectivity index (χ1n) is 8.97. The Morgan fingerprint density at radius 2 is 2.04 bits per heavy atom. The smallest absolute Gasteiger partial charge is 0.355 e. The number of hydrogen-bond donors (Lipinski definition) is 0. The van der Waals surface area contributed by atoms with E-state index in [-0.39, 0.29) is 11.4 Å². The van der Waals surface area contributed by atoms with E-state index in [1.165, 1.54) is 12.5 Å². The van der Waals surface area contributed by atoms with E-state index in [0.29, 0.717) is 24.6 Å². The van der Waals surface area contributed by atoms with Crippen molar-refractivity contribution in [2.45, 2.75) is 45.2 Å². The quantitative estimate of drug-likeness (QED) is 0.746. The van der Waals surface area contributed by atoms with Crippen LogP contribution < -0.4 is 4.90 Å². The van der Waals surface area contributed by atoms with Crippen molar-refractivity contribution in [3.63, 3.8) is 0 Å². The molecule has 138 valence electrons. The molecule has 1 aromatic heterocycles. The molecule has 0 unspecified atom stereocenters. The molecule has 2 heterocycles. The van der Waals surface area contributed by atoms with E-state index in [4.69, 9.17) is 0 Å². The van der Waals surface area contributed by atoms with Crippen LogP contribution >= 0.6 is 0 Å². The summed E-state index contributed by atoms with van der Waals surface area (Å²) >= 11 is 0. The third-order valence-corrected chi connectivity index (χ3v) is 5.16. The number of nitriles is 1. The SMILES string of the molecule is Cc1cc(C(F)(F)F)nc(N2CCC(CC3=CC=CCC3)CC2)c1C#N. The van der Waals surface area contributed by atoms with E-state index in [1.54, 1.807) is 0 Å².